The van der Waals surface area contributed by atoms with E-state index in [2.05, 4.69) is 15.1 Å². The molecule has 1 aromatic carbocycles. The second-order valence-corrected chi connectivity index (χ2v) is 7.49. The first-order valence-corrected chi connectivity index (χ1v) is 9.39. The number of benzene rings is 1. The highest BCUT2D eigenvalue weighted by atomic mass is 32.1. The number of thiophene rings is 1. The van der Waals surface area contributed by atoms with Crippen LogP contribution < -0.4 is 4.90 Å². The van der Waals surface area contributed by atoms with Crippen molar-refractivity contribution < 1.29 is 17.7 Å². The number of alkyl halides is 3. The van der Waals surface area contributed by atoms with E-state index < -0.39 is 11.1 Å². The van der Waals surface area contributed by atoms with Gasteiger partial charge in [-0.3, -0.25) is 0 Å². The van der Waals surface area contributed by atoms with Gasteiger partial charge in [0, 0.05) is 31.4 Å². The Bertz CT molecular complexity index is 1140. The molecule has 0 aliphatic carbocycles. The van der Waals surface area contributed by atoms with Crippen molar-refractivity contribution in [1.29, 1.82) is 0 Å². The van der Waals surface area contributed by atoms with Gasteiger partial charge < -0.3 is 9.42 Å². The number of anilines is 1. The summed E-state index contributed by atoms with van der Waals surface area (Å²) in [6.07, 6.45) is -2.87. The largest absolute Gasteiger partial charge is 0.426 e. The summed E-state index contributed by atoms with van der Waals surface area (Å²) >= 11 is 0.589. The number of nitrogens with zero attached hydrogens (tertiary/aromatic N) is 4. The van der Waals surface area contributed by atoms with Gasteiger partial charge in [0.25, 0.3) is 5.89 Å². The van der Waals surface area contributed by atoms with Gasteiger partial charge in [-0.2, -0.15) is 18.2 Å². The van der Waals surface area contributed by atoms with Crippen LogP contribution in [0.2, 0.25) is 0 Å². The topological polar surface area (TPSA) is 55.1 Å². The van der Waals surface area contributed by atoms with Crippen LogP contribution in [0.25, 0.3) is 33.3 Å². The van der Waals surface area contributed by atoms with Crippen LogP contribution in [0, 0.1) is 0 Å². The van der Waals surface area contributed by atoms with Crippen LogP contribution in [0.4, 0.5) is 19.0 Å². The Labute approximate surface area is 168 Å². The summed E-state index contributed by atoms with van der Waals surface area (Å²) in [5.74, 6) is 1.03. The maximum atomic E-state index is 13.6. The number of rotatable bonds is 4. The summed E-state index contributed by atoms with van der Waals surface area (Å²) in [6.45, 7) is 0. The lowest BCUT2D eigenvalue weighted by Gasteiger charge is -2.10. The second kappa shape index (κ2) is 7.32. The average Bonchev–Trinajstić information content (AvgIpc) is 3.36. The van der Waals surface area contributed by atoms with E-state index in [0.29, 0.717) is 28.3 Å². The van der Waals surface area contributed by atoms with Crippen LogP contribution in [-0.4, -0.2) is 29.2 Å². The highest BCUT2D eigenvalue weighted by molar-refractivity contribution is 7.16. The molecule has 0 aliphatic rings. The molecular weight excluding hydrogens is 401 g/mol. The molecule has 0 amide bonds. The van der Waals surface area contributed by atoms with Crippen molar-refractivity contribution in [2.45, 2.75) is 6.18 Å². The van der Waals surface area contributed by atoms with E-state index >= 15 is 0 Å². The van der Waals surface area contributed by atoms with E-state index in [1.165, 1.54) is 6.07 Å². The van der Waals surface area contributed by atoms with Crippen molar-refractivity contribution in [3.8, 4) is 33.3 Å². The maximum Gasteiger partial charge on any atom is 0.426 e. The molecule has 5 nitrogen and oxygen atoms in total. The second-order valence-electron chi connectivity index (χ2n) is 6.44. The minimum atomic E-state index is -4.48. The Morgan fingerprint density at radius 1 is 1.00 bits per heavy atom. The molecule has 0 spiro atoms. The zero-order valence-electron chi connectivity index (χ0n) is 15.4. The average molecular weight is 416 g/mol. The number of hydrogen-bond acceptors (Lipinski definition) is 6. The lowest BCUT2D eigenvalue weighted by Crippen LogP contribution is -2.10. The zero-order chi connectivity index (χ0) is 20.6. The first kappa shape index (κ1) is 19.1. The van der Waals surface area contributed by atoms with Crippen LogP contribution in [0.3, 0.4) is 0 Å². The third-order valence-corrected chi connectivity index (χ3v) is 5.34. The van der Waals surface area contributed by atoms with Crippen molar-refractivity contribution in [1.82, 2.24) is 15.1 Å². The molecule has 0 N–H and O–H groups in total. The minimum Gasteiger partial charge on any atom is -0.363 e. The standard InChI is InChI=1S/C20H15F3N4OS/c1-27(2)16-10-13(8-9-24-16)18-25-19(28-26-18)15-11-14(12-6-4-3-5-7-12)17(29-15)20(21,22)23/h3-11H,1-2H3. The summed E-state index contributed by atoms with van der Waals surface area (Å²) in [5, 5.41) is 3.93. The Morgan fingerprint density at radius 2 is 1.76 bits per heavy atom. The molecule has 0 aliphatic heterocycles. The molecule has 0 atom stereocenters. The molecule has 4 rings (SSSR count). The molecule has 0 unspecified atom stereocenters. The van der Waals surface area contributed by atoms with E-state index in [1.54, 1.807) is 48.7 Å². The highest BCUT2D eigenvalue weighted by Crippen LogP contribution is 2.45. The zero-order valence-corrected chi connectivity index (χ0v) is 16.3. The Balaban J connectivity index is 1.75. The normalized spacial score (nSPS) is 11.6. The molecule has 0 bridgehead atoms. The fourth-order valence-electron chi connectivity index (χ4n) is 2.78. The smallest absolute Gasteiger partial charge is 0.363 e. The van der Waals surface area contributed by atoms with Crippen LogP contribution >= 0.6 is 11.3 Å². The van der Waals surface area contributed by atoms with E-state index in [-0.39, 0.29) is 22.2 Å². The molecule has 0 fully saturated rings. The fourth-order valence-corrected chi connectivity index (χ4v) is 3.75. The molecule has 3 aromatic heterocycles. The van der Waals surface area contributed by atoms with Crippen molar-refractivity contribution >= 4 is 17.2 Å². The summed E-state index contributed by atoms with van der Waals surface area (Å²) in [6, 6.07) is 13.4. The Kier molecular flexibility index (Phi) is 4.83. The summed E-state index contributed by atoms with van der Waals surface area (Å²) in [7, 11) is 3.70. The van der Waals surface area contributed by atoms with Crippen LogP contribution in [0.5, 0.6) is 0 Å². The van der Waals surface area contributed by atoms with Crippen molar-refractivity contribution in [2.75, 3.05) is 19.0 Å². The van der Waals surface area contributed by atoms with Crippen molar-refractivity contribution in [3.63, 3.8) is 0 Å². The summed E-state index contributed by atoms with van der Waals surface area (Å²) < 4.78 is 46.0. The quantitative estimate of drug-likeness (QED) is 0.433. The van der Waals surface area contributed by atoms with E-state index in [9.17, 15) is 13.2 Å². The van der Waals surface area contributed by atoms with Gasteiger partial charge in [0.15, 0.2) is 0 Å². The molecule has 0 radical (unpaired) electrons. The predicted molar refractivity (Wildman–Crippen MR) is 106 cm³/mol. The first-order chi connectivity index (χ1) is 13.8. The SMILES string of the molecule is CN(C)c1cc(-c2noc(-c3cc(-c4ccccc4)c(C(F)(F)F)s3)n2)ccn1. The van der Waals surface area contributed by atoms with E-state index in [4.69, 9.17) is 4.52 Å². The number of pyridine rings is 1. The van der Waals surface area contributed by atoms with Crippen LogP contribution in [0.15, 0.2) is 59.3 Å². The Morgan fingerprint density at radius 3 is 2.45 bits per heavy atom. The van der Waals surface area contributed by atoms with Crippen LogP contribution in [-0.2, 0) is 6.18 Å². The van der Waals surface area contributed by atoms with Gasteiger partial charge in [0.2, 0.25) is 5.82 Å². The predicted octanol–water partition coefficient (Wildman–Crippen LogP) is 5.61. The molecule has 4 aromatic rings. The molecular formula is C20H15F3N4OS. The van der Waals surface area contributed by atoms with Crippen molar-refractivity contribution in [3.05, 3.63) is 59.6 Å². The van der Waals surface area contributed by atoms with Gasteiger partial charge in [-0.25, -0.2) is 4.98 Å². The molecule has 0 saturated carbocycles. The third kappa shape index (κ3) is 3.86. The van der Waals surface area contributed by atoms with Gasteiger partial charge in [-0.1, -0.05) is 35.5 Å². The van der Waals surface area contributed by atoms with Crippen molar-refractivity contribution in [2.24, 2.45) is 0 Å². The van der Waals surface area contributed by atoms with Gasteiger partial charge in [0.1, 0.15) is 10.7 Å². The lowest BCUT2D eigenvalue weighted by atomic mass is 10.1. The fraction of sp³-hybridized carbons (Fsp3) is 0.150. The van der Waals surface area contributed by atoms with Crippen LogP contribution in [0.1, 0.15) is 4.88 Å². The highest BCUT2D eigenvalue weighted by Gasteiger charge is 2.37. The molecule has 29 heavy (non-hydrogen) atoms. The molecule has 9 heteroatoms. The third-order valence-electron chi connectivity index (χ3n) is 4.17. The van der Waals surface area contributed by atoms with E-state index in [0.717, 1.165) is 0 Å². The number of aromatic nitrogens is 3. The lowest BCUT2D eigenvalue weighted by molar-refractivity contribution is -0.133. The maximum absolute atomic E-state index is 13.6. The van der Waals surface area contributed by atoms with Gasteiger partial charge in [-0.15, -0.1) is 11.3 Å². The van der Waals surface area contributed by atoms with Gasteiger partial charge in [0.05, 0.1) is 4.88 Å². The first-order valence-electron chi connectivity index (χ1n) is 8.57. The summed E-state index contributed by atoms with van der Waals surface area (Å²) in [4.78, 5) is 9.91. The number of halogens is 3. The minimum absolute atomic E-state index is 0.0425. The molecule has 3 heterocycles. The molecule has 0 saturated heterocycles. The van der Waals surface area contributed by atoms with E-state index in [1.807, 2.05) is 19.0 Å². The van der Waals surface area contributed by atoms with Gasteiger partial charge in [-0.05, 0) is 23.8 Å². The summed E-state index contributed by atoms with van der Waals surface area (Å²) in [5.41, 5.74) is 1.23. The monoisotopic (exact) mass is 416 g/mol. The van der Waals surface area contributed by atoms with Gasteiger partial charge >= 0.3 is 6.18 Å². The Hall–Kier alpha value is -3.20. The molecule has 148 valence electrons. The number of hydrogen-bond donors (Lipinski definition) is 0.